The van der Waals surface area contributed by atoms with Gasteiger partial charge < -0.3 is 9.64 Å². The number of ether oxygens (including phenoxy) is 1. The molecule has 0 unspecified atom stereocenters. The minimum atomic E-state index is -1.48. The van der Waals surface area contributed by atoms with Gasteiger partial charge in [0, 0.05) is 12.1 Å². The molecule has 2 heterocycles. The van der Waals surface area contributed by atoms with Crippen LogP contribution in [0.4, 0.5) is 0 Å². The number of esters is 1. The molecule has 0 amide bonds. The van der Waals surface area contributed by atoms with E-state index in [9.17, 15) is 20.1 Å². The highest BCUT2D eigenvalue weighted by atomic mass is 16.5. The first-order chi connectivity index (χ1) is 14.5. The fourth-order valence-corrected chi connectivity index (χ4v) is 4.77. The number of nitriles is 2. The summed E-state index contributed by atoms with van der Waals surface area (Å²) in [6.45, 7) is 1.48. The van der Waals surface area contributed by atoms with Gasteiger partial charge in [0.1, 0.15) is 0 Å². The van der Waals surface area contributed by atoms with Crippen molar-refractivity contribution in [3.63, 3.8) is 0 Å². The molecule has 0 radical (unpaired) electrons. The predicted octanol–water partition coefficient (Wildman–Crippen LogP) is 3.59. The van der Waals surface area contributed by atoms with Crippen LogP contribution in [0.3, 0.4) is 0 Å². The van der Waals surface area contributed by atoms with Crippen LogP contribution >= 0.6 is 0 Å². The van der Waals surface area contributed by atoms with Crippen molar-refractivity contribution in [3.05, 3.63) is 77.0 Å². The summed E-state index contributed by atoms with van der Waals surface area (Å²) in [4.78, 5) is 26.4. The number of hydrogen-bond donors (Lipinski definition) is 0. The lowest BCUT2D eigenvalue weighted by Crippen LogP contribution is -2.36. The second kappa shape index (κ2) is 7.17. The van der Waals surface area contributed by atoms with Crippen LogP contribution in [0.25, 0.3) is 6.08 Å². The van der Waals surface area contributed by atoms with Gasteiger partial charge in [-0.25, -0.2) is 4.79 Å². The molecule has 2 aliphatic rings. The molecule has 6 heteroatoms. The number of benzene rings is 2. The summed E-state index contributed by atoms with van der Waals surface area (Å²) >= 11 is 0. The van der Waals surface area contributed by atoms with Crippen LogP contribution in [0.5, 0.6) is 0 Å². The van der Waals surface area contributed by atoms with E-state index >= 15 is 0 Å². The molecule has 148 valence electrons. The Hall–Kier alpha value is -3.90. The van der Waals surface area contributed by atoms with Gasteiger partial charge in [0.2, 0.25) is 0 Å². The number of methoxy groups -OCH3 is 1. The van der Waals surface area contributed by atoms with E-state index in [-0.39, 0.29) is 5.78 Å². The lowest BCUT2D eigenvalue weighted by atomic mass is 9.67. The SMILES string of the molecule is COC(=O)c1ccc([C@@H]2[C@@H](C(C)=O)N3C=Cc4ccccc4[C@H]3C2(C#N)C#N)cc1. The van der Waals surface area contributed by atoms with Crippen molar-refractivity contribution in [2.24, 2.45) is 5.41 Å². The molecule has 3 atom stereocenters. The van der Waals surface area contributed by atoms with Crippen LogP contribution in [-0.4, -0.2) is 29.8 Å². The Morgan fingerprint density at radius 2 is 1.73 bits per heavy atom. The third kappa shape index (κ3) is 2.62. The number of fused-ring (bicyclic) bond motifs is 3. The van der Waals surface area contributed by atoms with Crippen molar-refractivity contribution < 1.29 is 14.3 Å². The van der Waals surface area contributed by atoms with Gasteiger partial charge in [0.25, 0.3) is 0 Å². The van der Waals surface area contributed by atoms with Crippen molar-refractivity contribution in [3.8, 4) is 12.1 Å². The van der Waals surface area contributed by atoms with E-state index < -0.39 is 29.4 Å². The molecule has 6 nitrogen and oxygen atoms in total. The van der Waals surface area contributed by atoms with Gasteiger partial charge in [-0.2, -0.15) is 10.5 Å². The van der Waals surface area contributed by atoms with Crippen molar-refractivity contribution in [2.75, 3.05) is 7.11 Å². The summed E-state index contributed by atoms with van der Waals surface area (Å²) in [5.74, 6) is -1.28. The minimum absolute atomic E-state index is 0.126. The van der Waals surface area contributed by atoms with E-state index in [1.165, 1.54) is 14.0 Å². The summed E-state index contributed by atoms with van der Waals surface area (Å²) < 4.78 is 4.75. The van der Waals surface area contributed by atoms with Crippen molar-refractivity contribution in [2.45, 2.75) is 24.9 Å². The van der Waals surface area contributed by atoms with Gasteiger partial charge in [-0.1, -0.05) is 36.4 Å². The van der Waals surface area contributed by atoms with Gasteiger partial charge in [0.05, 0.1) is 36.9 Å². The zero-order valence-corrected chi connectivity index (χ0v) is 16.6. The van der Waals surface area contributed by atoms with Crippen LogP contribution in [-0.2, 0) is 9.53 Å². The number of rotatable bonds is 3. The maximum absolute atomic E-state index is 12.8. The van der Waals surface area contributed by atoms with Crippen LogP contribution < -0.4 is 0 Å². The Bertz CT molecular complexity index is 1120. The summed E-state index contributed by atoms with van der Waals surface area (Å²) in [6, 6.07) is 17.5. The Balaban J connectivity index is 1.92. The topological polar surface area (TPSA) is 94.2 Å². The van der Waals surface area contributed by atoms with Crippen LogP contribution in [0.1, 0.15) is 45.9 Å². The second-order valence-corrected chi connectivity index (χ2v) is 7.53. The fraction of sp³-hybridized carbons (Fsp3) is 0.250. The van der Waals surface area contributed by atoms with Gasteiger partial charge in [-0.05, 0) is 41.8 Å². The van der Waals surface area contributed by atoms with Gasteiger partial charge >= 0.3 is 5.97 Å². The molecule has 0 saturated carbocycles. The molecule has 0 aliphatic carbocycles. The summed E-state index contributed by atoms with van der Waals surface area (Å²) in [7, 11) is 1.30. The largest absolute Gasteiger partial charge is 0.465 e. The third-order valence-corrected chi connectivity index (χ3v) is 6.05. The van der Waals surface area contributed by atoms with E-state index in [1.807, 2.05) is 41.4 Å². The molecule has 0 spiro atoms. The first-order valence-corrected chi connectivity index (χ1v) is 9.54. The number of nitrogens with zero attached hydrogens (tertiary/aromatic N) is 3. The van der Waals surface area contributed by atoms with E-state index in [0.717, 1.165) is 11.1 Å². The maximum Gasteiger partial charge on any atom is 0.337 e. The second-order valence-electron chi connectivity index (χ2n) is 7.53. The third-order valence-electron chi connectivity index (χ3n) is 6.05. The van der Waals surface area contributed by atoms with E-state index in [0.29, 0.717) is 11.1 Å². The minimum Gasteiger partial charge on any atom is -0.465 e. The average molecular weight is 397 g/mol. The molecule has 2 aromatic rings. The number of Topliss-reactive ketones (excluding diaryl/α,β-unsaturated/α-hetero) is 1. The van der Waals surface area contributed by atoms with Gasteiger partial charge in [-0.3, -0.25) is 4.79 Å². The Morgan fingerprint density at radius 1 is 1.07 bits per heavy atom. The molecule has 2 aliphatic heterocycles. The monoisotopic (exact) mass is 397 g/mol. The first-order valence-electron chi connectivity index (χ1n) is 9.54. The molecule has 0 aromatic heterocycles. The standard InChI is InChI=1S/C24H19N3O3/c1-15(28)21-20(17-7-9-18(10-8-17)23(29)30-2)24(13-25,14-26)22-19-6-4-3-5-16(19)11-12-27(21)22/h3-12,20-22H,1-2H3/t20-,21-,22+/m1/s1. The highest BCUT2D eigenvalue weighted by Gasteiger charge is 2.63. The van der Waals surface area contributed by atoms with Crippen molar-refractivity contribution >= 4 is 17.8 Å². The van der Waals surface area contributed by atoms with E-state index in [1.54, 1.807) is 24.3 Å². The highest BCUT2D eigenvalue weighted by molar-refractivity contribution is 5.89. The first kappa shape index (κ1) is 19.4. The van der Waals surface area contributed by atoms with E-state index in [2.05, 4.69) is 12.1 Å². The normalized spacial score (nSPS) is 22.9. The van der Waals surface area contributed by atoms with E-state index in [4.69, 9.17) is 4.74 Å². The number of hydrogen-bond acceptors (Lipinski definition) is 6. The maximum atomic E-state index is 12.8. The van der Waals surface area contributed by atoms with Crippen LogP contribution in [0, 0.1) is 28.1 Å². The summed E-state index contributed by atoms with van der Waals surface area (Å²) in [6.07, 6.45) is 3.72. The number of carbonyl (C=O) groups is 2. The molecule has 2 aromatic carbocycles. The van der Waals surface area contributed by atoms with Crippen LogP contribution in [0.15, 0.2) is 54.7 Å². The number of carbonyl (C=O) groups excluding carboxylic acids is 2. The Morgan fingerprint density at radius 3 is 2.33 bits per heavy atom. The molecule has 4 rings (SSSR count). The fourth-order valence-electron chi connectivity index (χ4n) is 4.77. The summed E-state index contributed by atoms with van der Waals surface area (Å²) in [5, 5.41) is 20.6. The van der Waals surface area contributed by atoms with Crippen molar-refractivity contribution in [1.82, 2.24) is 4.90 Å². The van der Waals surface area contributed by atoms with Gasteiger partial charge in [-0.15, -0.1) is 0 Å². The predicted molar refractivity (Wildman–Crippen MR) is 109 cm³/mol. The summed E-state index contributed by atoms with van der Waals surface area (Å²) in [5.41, 5.74) is 1.32. The number of ketones is 1. The Kier molecular flexibility index (Phi) is 4.64. The van der Waals surface area contributed by atoms with Gasteiger partial charge in [0.15, 0.2) is 11.2 Å². The Labute approximate surface area is 174 Å². The molecule has 0 bridgehead atoms. The lowest BCUT2D eigenvalue weighted by Gasteiger charge is -2.34. The van der Waals surface area contributed by atoms with Crippen LogP contribution in [0.2, 0.25) is 0 Å². The smallest absolute Gasteiger partial charge is 0.337 e. The van der Waals surface area contributed by atoms with Crippen molar-refractivity contribution in [1.29, 1.82) is 10.5 Å². The quantitative estimate of drug-likeness (QED) is 0.735. The zero-order chi connectivity index (χ0) is 21.5. The molecule has 1 saturated heterocycles. The molecule has 0 N–H and O–H groups in total. The molecule has 1 fully saturated rings. The highest BCUT2D eigenvalue weighted by Crippen LogP contribution is 2.59. The molecular weight excluding hydrogens is 378 g/mol. The average Bonchev–Trinajstić information content (AvgIpc) is 3.10. The zero-order valence-electron chi connectivity index (χ0n) is 16.6. The molecule has 30 heavy (non-hydrogen) atoms. The lowest BCUT2D eigenvalue weighted by molar-refractivity contribution is -0.121. The molecular formula is C24H19N3O3.